The predicted octanol–water partition coefficient (Wildman–Crippen LogP) is 5.14. The van der Waals surface area contributed by atoms with E-state index in [2.05, 4.69) is 63.4 Å². The lowest BCUT2D eigenvalue weighted by Crippen LogP contribution is -2.24. The first kappa shape index (κ1) is 15.3. The van der Waals surface area contributed by atoms with Crippen molar-refractivity contribution in [1.29, 1.82) is 0 Å². The molecule has 1 N–H and O–H groups in total. The molecule has 0 bridgehead atoms. The van der Waals surface area contributed by atoms with E-state index in [-0.39, 0.29) is 5.41 Å². The third-order valence-corrected chi connectivity index (χ3v) is 4.22. The molecule has 0 radical (unpaired) electrons. The zero-order valence-electron chi connectivity index (χ0n) is 13.5. The minimum atomic E-state index is 0.232. The van der Waals surface area contributed by atoms with Crippen molar-refractivity contribution < 1.29 is 0 Å². The van der Waals surface area contributed by atoms with Crippen LogP contribution in [0.4, 0.5) is 0 Å². The molecule has 0 amide bonds. The molecule has 0 aliphatic heterocycles. The van der Waals surface area contributed by atoms with E-state index in [1.807, 2.05) is 0 Å². The van der Waals surface area contributed by atoms with Crippen molar-refractivity contribution in [2.24, 2.45) is 0 Å². The number of benzene rings is 1. The van der Waals surface area contributed by atoms with Gasteiger partial charge in [-0.15, -0.1) is 0 Å². The Labute approximate surface area is 124 Å². The van der Waals surface area contributed by atoms with Crippen LogP contribution < -0.4 is 5.32 Å². The molecule has 2 rings (SSSR count). The van der Waals surface area contributed by atoms with Gasteiger partial charge in [0.15, 0.2) is 0 Å². The van der Waals surface area contributed by atoms with Crippen LogP contribution >= 0.6 is 0 Å². The number of likely N-dealkylation sites (N-methyl/N-ethyl adjacent to an activating group) is 1. The van der Waals surface area contributed by atoms with Crippen molar-refractivity contribution >= 4 is 0 Å². The maximum Gasteiger partial charge on any atom is 0.0535 e. The van der Waals surface area contributed by atoms with E-state index in [4.69, 9.17) is 0 Å². The van der Waals surface area contributed by atoms with E-state index in [0.29, 0.717) is 6.04 Å². The quantitative estimate of drug-likeness (QED) is 0.748. The van der Waals surface area contributed by atoms with Crippen LogP contribution in [0.1, 0.15) is 70.5 Å². The molecule has 1 aromatic carbocycles. The van der Waals surface area contributed by atoms with E-state index >= 15 is 0 Å². The first-order valence-corrected chi connectivity index (χ1v) is 8.05. The predicted molar refractivity (Wildman–Crippen MR) is 88.1 cm³/mol. The lowest BCUT2D eigenvalue weighted by molar-refractivity contribution is 0.561. The SMILES string of the molecule is CCNC(C1=CCCCC1)c1ccc(C(C)(C)C)cc1. The normalized spacial score (nSPS) is 17.7. The highest BCUT2D eigenvalue weighted by molar-refractivity contribution is 5.34. The van der Waals surface area contributed by atoms with Crippen LogP contribution in [0.25, 0.3) is 0 Å². The molecule has 110 valence electrons. The molecule has 1 nitrogen and oxygen atoms in total. The number of hydrogen-bond acceptors (Lipinski definition) is 1. The van der Waals surface area contributed by atoms with Crippen molar-refractivity contribution in [2.75, 3.05) is 6.54 Å². The molecule has 1 aliphatic rings. The monoisotopic (exact) mass is 271 g/mol. The summed E-state index contributed by atoms with van der Waals surface area (Å²) in [5.41, 5.74) is 4.64. The average molecular weight is 271 g/mol. The first-order chi connectivity index (χ1) is 9.52. The van der Waals surface area contributed by atoms with Crippen LogP contribution in [0.3, 0.4) is 0 Å². The summed E-state index contributed by atoms with van der Waals surface area (Å²) in [5, 5.41) is 3.66. The van der Waals surface area contributed by atoms with Gasteiger partial charge in [-0.1, -0.05) is 63.6 Å². The lowest BCUT2D eigenvalue weighted by atomic mass is 9.84. The smallest absolute Gasteiger partial charge is 0.0535 e. The van der Waals surface area contributed by atoms with Crippen molar-refractivity contribution in [3.8, 4) is 0 Å². The van der Waals surface area contributed by atoms with Crippen LogP contribution in [0, 0.1) is 0 Å². The van der Waals surface area contributed by atoms with E-state index < -0.39 is 0 Å². The molecular weight excluding hydrogens is 242 g/mol. The van der Waals surface area contributed by atoms with Gasteiger partial charge in [-0.05, 0) is 48.8 Å². The molecule has 0 heterocycles. The second-order valence-corrected chi connectivity index (χ2v) is 6.89. The van der Waals surface area contributed by atoms with Gasteiger partial charge in [0.25, 0.3) is 0 Å². The maximum atomic E-state index is 3.66. The molecule has 0 saturated heterocycles. The van der Waals surface area contributed by atoms with Crippen molar-refractivity contribution in [3.05, 3.63) is 47.0 Å². The highest BCUT2D eigenvalue weighted by Gasteiger charge is 2.19. The summed E-state index contributed by atoms with van der Waals surface area (Å²) in [7, 11) is 0. The van der Waals surface area contributed by atoms with Crippen molar-refractivity contribution in [1.82, 2.24) is 5.32 Å². The Hall–Kier alpha value is -1.08. The summed E-state index contributed by atoms with van der Waals surface area (Å²) < 4.78 is 0. The highest BCUT2D eigenvalue weighted by atomic mass is 14.9. The summed E-state index contributed by atoms with van der Waals surface area (Å²) >= 11 is 0. The molecule has 0 saturated carbocycles. The Bertz CT molecular complexity index is 448. The number of nitrogens with one attached hydrogen (secondary N) is 1. The fourth-order valence-corrected chi connectivity index (χ4v) is 2.97. The largest absolute Gasteiger partial charge is 0.307 e. The Morgan fingerprint density at radius 1 is 1.10 bits per heavy atom. The van der Waals surface area contributed by atoms with Gasteiger partial charge >= 0.3 is 0 Å². The van der Waals surface area contributed by atoms with Crippen molar-refractivity contribution in [3.63, 3.8) is 0 Å². The summed E-state index contributed by atoms with van der Waals surface area (Å²) in [6, 6.07) is 9.62. The molecule has 0 spiro atoms. The molecule has 1 aromatic rings. The molecule has 1 atom stereocenters. The van der Waals surface area contributed by atoms with Crippen molar-refractivity contribution in [2.45, 2.75) is 64.8 Å². The summed E-state index contributed by atoms with van der Waals surface area (Å²) in [4.78, 5) is 0. The molecule has 1 heteroatoms. The third kappa shape index (κ3) is 3.73. The Morgan fingerprint density at radius 3 is 2.30 bits per heavy atom. The van der Waals surface area contributed by atoms with Crippen LogP contribution in [0.15, 0.2) is 35.9 Å². The molecule has 0 aromatic heterocycles. The van der Waals surface area contributed by atoms with E-state index in [0.717, 1.165) is 6.54 Å². The minimum absolute atomic E-state index is 0.232. The van der Waals surface area contributed by atoms with Gasteiger partial charge in [0, 0.05) is 0 Å². The van der Waals surface area contributed by atoms with E-state index in [9.17, 15) is 0 Å². The fourth-order valence-electron chi connectivity index (χ4n) is 2.97. The Kier molecular flexibility index (Phi) is 5.04. The number of allylic oxidation sites excluding steroid dienone is 1. The summed E-state index contributed by atoms with van der Waals surface area (Å²) in [6.07, 6.45) is 7.64. The molecular formula is C19H29N. The Balaban J connectivity index is 2.23. The van der Waals surface area contributed by atoms with Crippen LogP contribution in [0.5, 0.6) is 0 Å². The van der Waals surface area contributed by atoms with Gasteiger partial charge in [-0.3, -0.25) is 0 Å². The highest BCUT2D eigenvalue weighted by Crippen LogP contribution is 2.31. The van der Waals surface area contributed by atoms with Gasteiger partial charge in [-0.25, -0.2) is 0 Å². The zero-order valence-corrected chi connectivity index (χ0v) is 13.5. The average Bonchev–Trinajstić information content (AvgIpc) is 2.45. The topological polar surface area (TPSA) is 12.0 Å². The molecule has 1 unspecified atom stereocenters. The van der Waals surface area contributed by atoms with Crippen LogP contribution in [-0.4, -0.2) is 6.54 Å². The fraction of sp³-hybridized carbons (Fsp3) is 0.579. The van der Waals surface area contributed by atoms with Crippen LogP contribution in [-0.2, 0) is 5.41 Å². The van der Waals surface area contributed by atoms with E-state index in [1.54, 1.807) is 5.57 Å². The standard InChI is InChI=1S/C19H29N/c1-5-20-18(15-9-7-6-8-10-15)16-11-13-17(14-12-16)19(2,3)4/h9,11-14,18,20H,5-8,10H2,1-4H3. The van der Waals surface area contributed by atoms with E-state index in [1.165, 1.54) is 36.8 Å². The third-order valence-electron chi connectivity index (χ3n) is 4.22. The lowest BCUT2D eigenvalue weighted by Gasteiger charge is -2.26. The van der Waals surface area contributed by atoms with Crippen LogP contribution in [0.2, 0.25) is 0 Å². The second-order valence-electron chi connectivity index (χ2n) is 6.89. The first-order valence-electron chi connectivity index (χ1n) is 8.05. The minimum Gasteiger partial charge on any atom is -0.307 e. The Morgan fingerprint density at radius 2 is 1.80 bits per heavy atom. The van der Waals surface area contributed by atoms with Gasteiger partial charge in [0.2, 0.25) is 0 Å². The second kappa shape index (κ2) is 6.58. The van der Waals surface area contributed by atoms with Gasteiger partial charge in [0.05, 0.1) is 6.04 Å². The van der Waals surface area contributed by atoms with Gasteiger partial charge < -0.3 is 5.32 Å². The molecule has 0 fully saturated rings. The summed E-state index contributed by atoms with van der Waals surface area (Å²) in [5.74, 6) is 0. The number of hydrogen-bond donors (Lipinski definition) is 1. The number of rotatable bonds is 4. The van der Waals surface area contributed by atoms with Gasteiger partial charge in [-0.2, -0.15) is 0 Å². The molecule has 20 heavy (non-hydrogen) atoms. The van der Waals surface area contributed by atoms with Gasteiger partial charge in [0.1, 0.15) is 0 Å². The maximum absolute atomic E-state index is 3.66. The summed E-state index contributed by atoms with van der Waals surface area (Å²) in [6.45, 7) is 10.0. The molecule has 1 aliphatic carbocycles. The zero-order chi connectivity index (χ0) is 14.6.